The van der Waals surface area contributed by atoms with Crippen molar-refractivity contribution in [2.45, 2.75) is 6.54 Å². The molecule has 0 spiro atoms. The van der Waals surface area contributed by atoms with Crippen molar-refractivity contribution >= 4 is 17.5 Å². The monoisotopic (exact) mass is 283 g/mol. The van der Waals surface area contributed by atoms with Crippen LogP contribution in [-0.4, -0.2) is 27.8 Å². The maximum absolute atomic E-state index is 12.2. The van der Waals surface area contributed by atoms with Crippen molar-refractivity contribution in [3.63, 3.8) is 0 Å². The molecule has 1 aliphatic heterocycles. The average Bonchev–Trinajstić information content (AvgIpc) is 2.73. The fourth-order valence-corrected chi connectivity index (χ4v) is 2.37. The standard InChI is InChI=1S/C15H13N3O3/c16-10-5-6-13(19)17(9-10)7-8-18-14(20)11-3-1-2-4-12(11)15(18)21/h1-6,9H,7-8,16H2. The van der Waals surface area contributed by atoms with E-state index in [0.29, 0.717) is 16.8 Å². The number of imide groups is 1. The summed E-state index contributed by atoms with van der Waals surface area (Å²) in [6.45, 7) is 0.352. The normalized spacial score (nSPS) is 13.6. The van der Waals surface area contributed by atoms with Crippen LogP contribution in [0.4, 0.5) is 5.69 Å². The molecule has 0 unspecified atom stereocenters. The highest BCUT2D eigenvalue weighted by molar-refractivity contribution is 6.21. The highest BCUT2D eigenvalue weighted by Crippen LogP contribution is 2.22. The third-order valence-electron chi connectivity index (χ3n) is 3.45. The maximum atomic E-state index is 12.2. The second-order valence-electron chi connectivity index (χ2n) is 4.80. The Bertz CT molecular complexity index is 760. The zero-order valence-corrected chi connectivity index (χ0v) is 11.2. The smallest absolute Gasteiger partial charge is 0.261 e. The zero-order chi connectivity index (χ0) is 15.0. The predicted molar refractivity (Wildman–Crippen MR) is 76.9 cm³/mol. The average molecular weight is 283 g/mol. The number of aromatic nitrogens is 1. The molecule has 0 aliphatic carbocycles. The van der Waals surface area contributed by atoms with Gasteiger partial charge in [0, 0.05) is 31.0 Å². The molecule has 0 saturated carbocycles. The molecule has 0 radical (unpaired) electrons. The molecule has 1 aliphatic rings. The summed E-state index contributed by atoms with van der Waals surface area (Å²) >= 11 is 0. The van der Waals surface area contributed by atoms with E-state index in [2.05, 4.69) is 0 Å². The summed E-state index contributed by atoms with van der Waals surface area (Å²) < 4.78 is 1.39. The number of carbonyl (C=O) groups is 2. The van der Waals surface area contributed by atoms with Crippen molar-refractivity contribution in [3.05, 3.63) is 64.1 Å². The van der Waals surface area contributed by atoms with E-state index in [4.69, 9.17) is 5.73 Å². The lowest BCUT2D eigenvalue weighted by Gasteiger charge is -2.14. The minimum Gasteiger partial charge on any atom is -0.398 e. The van der Waals surface area contributed by atoms with Crippen molar-refractivity contribution in [1.82, 2.24) is 9.47 Å². The van der Waals surface area contributed by atoms with E-state index in [0.717, 1.165) is 4.90 Å². The van der Waals surface area contributed by atoms with Gasteiger partial charge in [-0.2, -0.15) is 0 Å². The van der Waals surface area contributed by atoms with Crippen molar-refractivity contribution in [2.75, 3.05) is 12.3 Å². The minimum atomic E-state index is -0.326. The number of nitrogens with zero attached hydrogens (tertiary/aromatic N) is 2. The van der Waals surface area contributed by atoms with Gasteiger partial charge in [0.2, 0.25) is 0 Å². The number of nitrogens with two attached hydrogens (primary N) is 1. The summed E-state index contributed by atoms with van der Waals surface area (Å²) in [5.74, 6) is -0.653. The summed E-state index contributed by atoms with van der Waals surface area (Å²) in [7, 11) is 0. The van der Waals surface area contributed by atoms with Crippen LogP contribution in [0.3, 0.4) is 0 Å². The Morgan fingerprint density at radius 2 is 1.48 bits per heavy atom. The molecule has 0 atom stereocenters. The molecule has 2 aromatic rings. The Kier molecular flexibility index (Phi) is 3.06. The van der Waals surface area contributed by atoms with Gasteiger partial charge in [0.15, 0.2) is 0 Å². The van der Waals surface area contributed by atoms with Gasteiger partial charge >= 0.3 is 0 Å². The van der Waals surface area contributed by atoms with E-state index < -0.39 is 0 Å². The van der Waals surface area contributed by atoms with Gasteiger partial charge in [0.1, 0.15) is 0 Å². The van der Waals surface area contributed by atoms with E-state index >= 15 is 0 Å². The number of carbonyl (C=O) groups excluding carboxylic acids is 2. The highest BCUT2D eigenvalue weighted by Gasteiger charge is 2.34. The molecule has 21 heavy (non-hydrogen) atoms. The van der Waals surface area contributed by atoms with Gasteiger partial charge in [-0.15, -0.1) is 0 Å². The molecule has 1 aromatic heterocycles. The molecular weight excluding hydrogens is 270 g/mol. The predicted octanol–water partition coefficient (Wildman–Crippen LogP) is 0.727. The Hall–Kier alpha value is -2.89. The van der Waals surface area contributed by atoms with E-state index in [1.54, 1.807) is 24.3 Å². The van der Waals surface area contributed by atoms with Gasteiger partial charge < -0.3 is 10.3 Å². The molecule has 3 rings (SSSR count). The Morgan fingerprint density at radius 1 is 0.857 bits per heavy atom. The molecule has 2 amide bonds. The van der Waals surface area contributed by atoms with Crippen LogP contribution in [0.2, 0.25) is 0 Å². The van der Waals surface area contributed by atoms with Crippen LogP contribution < -0.4 is 11.3 Å². The van der Waals surface area contributed by atoms with E-state index in [-0.39, 0.29) is 30.5 Å². The molecule has 106 valence electrons. The van der Waals surface area contributed by atoms with Crippen LogP contribution in [0.5, 0.6) is 0 Å². The van der Waals surface area contributed by atoms with Gasteiger partial charge in [0.25, 0.3) is 17.4 Å². The molecule has 2 heterocycles. The van der Waals surface area contributed by atoms with Crippen LogP contribution in [0.15, 0.2) is 47.4 Å². The lowest BCUT2D eigenvalue weighted by molar-refractivity contribution is 0.0648. The van der Waals surface area contributed by atoms with Crippen molar-refractivity contribution < 1.29 is 9.59 Å². The van der Waals surface area contributed by atoms with Gasteiger partial charge in [-0.3, -0.25) is 19.3 Å². The van der Waals surface area contributed by atoms with Crippen LogP contribution >= 0.6 is 0 Å². The second-order valence-corrected chi connectivity index (χ2v) is 4.80. The third kappa shape index (κ3) is 2.20. The number of benzene rings is 1. The number of pyridine rings is 1. The fourth-order valence-electron chi connectivity index (χ4n) is 2.37. The van der Waals surface area contributed by atoms with Crippen LogP contribution in [0.25, 0.3) is 0 Å². The zero-order valence-electron chi connectivity index (χ0n) is 11.2. The first-order chi connectivity index (χ1) is 10.1. The minimum absolute atomic E-state index is 0.135. The number of fused-ring (bicyclic) bond motifs is 1. The highest BCUT2D eigenvalue weighted by atomic mass is 16.2. The first-order valence-corrected chi connectivity index (χ1v) is 6.49. The lowest BCUT2D eigenvalue weighted by atomic mass is 10.1. The van der Waals surface area contributed by atoms with E-state index in [1.165, 1.54) is 22.9 Å². The summed E-state index contributed by atoms with van der Waals surface area (Å²) in [6, 6.07) is 9.56. The summed E-state index contributed by atoms with van der Waals surface area (Å²) in [5.41, 5.74) is 6.67. The largest absolute Gasteiger partial charge is 0.398 e. The number of nitrogen functional groups attached to an aromatic ring is 1. The summed E-state index contributed by atoms with van der Waals surface area (Å²) in [4.78, 5) is 37.2. The first-order valence-electron chi connectivity index (χ1n) is 6.49. The van der Waals surface area contributed by atoms with Gasteiger partial charge in [-0.25, -0.2) is 0 Å². The Labute approximate surface area is 120 Å². The van der Waals surface area contributed by atoms with Crippen molar-refractivity contribution in [2.24, 2.45) is 0 Å². The first kappa shape index (κ1) is 13.1. The number of rotatable bonds is 3. The Balaban J connectivity index is 1.81. The van der Waals surface area contributed by atoms with Crippen LogP contribution in [0.1, 0.15) is 20.7 Å². The van der Waals surface area contributed by atoms with Gasteiger partial charge in [0.05, 0.1) is 11.1 Å². The number of anilines is 1. The fraction of sp³-hybridized carbons (Fsp3) is 0.133. The number of hydrogen-bond acceptors (Lipinski definition) is 4. The van der Waals surface area contributed by atoms with Gasteiger partial charge in [-0.05, 0) is 18.2 Å². The quantitative estimate of drug-likeness (QED) is 0.841. The maximum Gasteiger partial charge on any atom is 0.261 e. The van der Waals surface area contributed by atoms with Crippen LogP contribution in [-0.2, 0) is 6.54 Å². The third-order valence-corrected chi connectivity index (χ3v) is 3.45. The van der Waals surface area contributed by atoms with Crippen molar-refractivity contribution in [1.29, 1.82) is 0 Å². The Morgan fingerprint density at radius 3 is 2.10 bits per heavy atom. The molecule has 6 heteroatoms. The molecule has 6 nitrogen and oxygen atoms in total. The lowest BCUT2D eigenvalue weighted by Crippen LogP contribution is -2.34. The molecule has 0 saturated heterocycles. The SMILES string of the molecule is Nc1ccc(=O)n(CCN2C(=O)c3ccccc3C2=O)c1. The molecular formula is C15H13N3O3. The molecule has 1 aromatic carbocycles. The molecule has 0 bridgehead atoms. The topological polar surface area (TPSA) is 85.4 Å². The van der Waals surface area contributed by atoms with Gasteiger partial charge in [-0.1, -0.05) is 12.1 Å². The summed E-state index contributed by atoms with van der Waals surface area (Å²) in [6.07, 6.45) is 1.50. The number of amides is 2. The second kappa shape index (κ2) is 4.90. The summed E-state index contributed by atoms with van der Waals surface area (Å²) in [5, 5.41) is 0. The van der Waals surface area contributed by atoms with E-state index in [9.17, 15) is 14.4 Å². The molecule has 0 fully saturated rings. The number of hydrogen-bond donors (Lipinski definition) is 1. The van der Waals surface area contributed by atoms with Crippen LogP contribution in [0, 0.1) is 0 Å². The molecule has 2 N–H and O–H groups in total. The van der Waals surface area contributed by atoms with Crippen molar-refractivity contribution in [3.8, 4) is 0 Å². The van der Waals surface area contributed by atoms with E-state index in [1.807, 2.05) is 0 Å².